The highest BCUT2D eigenvalue weighted by Gasteiger charge is 2.34. The number of carbonyl (C=O) groups is 1. The number of carboxylic acid groups (broad SMARTS) is 1. The minimum absolute atomic E-state index is 0.00330. The predicted octanol–water partition coefficient (Wildman–Crippen LogP) is 4.50. The summed E-state index contributed by atoms with van der Waals surface area (Å²) >= 11 is 1.78. The van der Waals surface area contributed by atoms with Crippen molar-refractivity contribution in [1.29, 1.82) is 0 Å². The van der Waals surface area contributed by atoms with Crippen LogP contribution in [-0.4, -0.2) is 41.4 Å². The number of hydrogen-bond acceptors (Lipinski definition) is 5. The van der Waals surface area contributed by atoms with Crippen LogP contribution >= 0.6 is 11.8 Å². The molecule has 0 saturated carbocycles. The van der Waals surface area contributed by atoms with Gasteiger partial charge in [0.2, 0.25) is 0 Å². The average Bonchev–Trinajstić information content (AvgIpc) is 2.68. The first kappa shape index (κ1) is 22.3. The van der Waals surface area contributed by atoms with Crippen LogP contribution in [0.4, 0.5) is 0 Å². The molecule has 7 heteroatoms. The molecule has 30 heavy (non-hydrogen) atoms. The number of hydrogen-bond donors (Lipinski definition) is 1. The smallest absolute Gasteiger partial charge is 0.341 e. The Balaban J connectivity index is 2.14. The van der Waals surface area contributed by atoms with Gasteiger partial charge in [-0.3, -0.25) is 4.79 Å². The molecule has 1 atom stereocenters. The van der Waals surface area contributed by atoms with E-state index in [-0.39, 0.29) is 17.0 Å². The second kappa shape index (κ2) is 8.76. The predicted molar refractivity (Wildman–Crippen MR) is 120 cm³/mol. The number of carboxylic acids is 1. The minimum atomic E-state index is -1.21. The van der Waals surface area contributed by atoms with Crippen molar-refractivity contribution in [3.63, 3.8) is 0 Å². The molecule has 0 bridgehead atoms. The zero-order valence-corrected chi connectivity index (χ0v) is 19.0. The van der Waals surface area contributed by atoms with Gasteiger partial charge in [0.05, 0.1) is 19.4 Å². The molecule has 6 nitrogen and oxygen atoms in total. The molecule has 0 unspecified atom stereocenters. The summed E-state index contributed by atoms with van der Waals surface area (Å²) < 4.78 is 13.5. The number of methoxy groups -OCH3 is 1. The van der Waals surface area contributed by atoms with Crippen molar-refractivity contribution in [3.8, 4) is 22.8 Å². The van der Waals surface area contributed by atoms with Crippen LogP contribution < -0.4 is 14.9 Å². The topological polar surface area (TPSA) is 77.8 Å². The quantitative estimate of drug-likeness (QED) is 0.651. The van der Waals surface area contributed by atoms with E-state index in [9.17, 15) is 14.7 Å². The van der Waals surface area contributed by atoms with E-state index in [0.717, 1.165) is 23.3 Å². The van der Waals surface area contributed by atoms with E-state index in [2.05, 4.69) is 27.0 Å². The fourth-order valence-corrected chi connectivity index (χ4v) is 4.29. The lowest BCUT2D eigenvalue weighted by atomic mass is 9.78. The van der Waals surface area contributed by atoms with Gasteiger partial charge in [0, 0.05) is 23.9 Å². The number of pyridine rings is 1. The zero-order valence-electron chi connectivity index (χ0n) is 18.2. The van der Waals surface area contributed by atoms with Gasteiger partial charge in [-0.25, -0.2) is 4.79 Å². The van der Waals surface area contributed by atoms with Crippen molar-refractivity contribution >= 4 is 17.7 Å². The number of aromatic nitrogens is 1. The number of thioether (sulfide) groups is 1. The third-order valence-corrected chi connectivity index (χ3v) is 6.17. The second-order valence-corrected chi connectivity index (χ2v) is 9.58. The molecule has 2 aromatic rings. The highest BCUT2D eigenvalue weighted by Crippen LogP contribution is 2.45. The van der Waals surface area contributed by atoms with Crippen LogP contribution in [0.5, 0.6) is 11.5 Å². The number of fused-ring (bicyclic) bond motifs is 3. The Hall–Kier alpha value is -2.41. The molecule has 0 aliphatic carbocycles. The van der Waals surface area contributed by atoms with Crippen LogP contribution in [0.2, 0.25) is 0 Å². The first-order chi connectivity index (χ1) is 14.2. The zero-order chi connectivity index (χ0) is 22.1. The van der Waals surface area contributed by atoms with Crippen molar-refractivity contribution in [2.24, 2.45) is 5.41 Å². The monoisotopic (exact) mass is 431 g/mol. The Morgan fingerprint density at radius 3 is 2.60 bits per heavy atom. The van der Waals surface area contributed by atoms with Gasteiger partial charge in [-0.1, -0.05) is 20.8 Å². The van der Waals surface area contributed by atoms with Crippen molar-refractivity contribution in [3.05, 3.63) is 45.7 Å². The van der Waals surface area contributed by atoms with Gasteiger partial charge in [-0.05, 0) is 48.0 Å². The number of rotatable bonds is 7. The van der Waals surface area contributed by atoms with Crippen LogP contribution in [0.1, 0.15) is 49.2 Å². The van der Waals surface area contributed by atoms with Crippen LogP contribution in [0.15, 0.2) is 29.2 Å². The molecule has 3 rings (SSSR count). The van der Waals surface area contributed by atoms with Gasteiger partial charge in [0.1, 0.15) is 5.56 Å². The average molecular weight is 432 g/mol. The molecule has 1 aromatic heterocycles. The fourth-order valence-electron chi connectivity index (χ4n) is 3.88. The molecule has 0 saturated heterocycles. The van der Waals surface area contributed by atoms with E-state index in [1.807, 2.05) is 16.7 Å². The number of nitrogens with zero attached hydrogens (tertiary/aromatic N) is 1. The number of aromatic carboxylic acids is 1. The first-order valence-electron chi connectivity index (χ1n) is 10.00. The third-order valence-electron chi connectivity index (χ3n) is 5.47. The third kappa shape index (κ3) is 4.36. The van der Waals surface area contributed by atoms with E-state index < -0.39 is 11.4 Å². The summed E-state index contributed by atoms with van der Waals surface area (Å²) in [5, 5.41) is 9.44. The molecule has 0 spiro atoms. The van der Waals surface area contributed by atoms with Crippen molar-refractivity contribution in [2.75, 3.05) is 25.7 Å². The Morgan fingerprint density at radius 2 is 2.00 bits per heavy atom. The lowest BCUT2D eigenvalue weighted by Crippen LogP contribution is -2.32. The fraction of sp³-hybridized carbons (Fsp3) is 0.478. The molecule has 0 fully saturated rings. The van der Waals surface area contributed by atoms with E-state index in [1.54, 1.807) is 18.9 Å². The minimum Gasteiger partial charge on any atom is -0.493 e. The summed E-state index contributed by atoms with van der Waals surface area (Å²) in [6.07, 6.45) is 5.21. The Labute approximate surface area is 181 Å². The largest absolute Gasteiger partial charge is 0.493 e. The van der Waals surface area contributed by atoms with Crippen LogP contribution in [0.25, 0.3) is 11.3 Å². The molecule has 1 aromatic carbocycles. The maximum absolute atomic E-state index is 12.5. The normalized spacial score (nSPS) is 15.3. The van der Waals surface area contributed by atoms with Gasteiger partial charge in [-0.15, -0.1) is 0 Å². The molecule has 0 amide bonds. The van der Waals surface area contributed by atoms with Crippen molar-refractivity contribution in [1.82, 2.24) is 4.57 Å². The van der Waals surface area contributed by atoms with Crippen LogP contribution in [-0.2, 0) is 6.42 Å². The summed E-state index contributed by atoms with van der Waals surface area (Å²) in [4.78, 5) is 24.0. The molecule has 0 radical (unpaired) electrons. The molecule has 1 aliphatic heterocycles. The summed E-state index contributed by atoms with van der Waals surface area (Å²) in [7, 11) is 1.60. The molecular formula is C23H29NO5S. The molecule has 2 heterocycles. The maximum Gasteiger partial charge on any atom is 0.341 e. The number of ether oxygens (including phenoxy) is 2. The van der Waals surface area contributed by atoms with Gasteiger partial charge in [0.25, 0.3) is 0 Å². The first-order valence-corrected chi connectivity index (χ1v) is 11.4. The Bertz CT molecular complexity index is 1010. The van der Waals surface area contributed by atoms with Crippen LogP contribution in [0.3, 0.4) is 0 Å². The van der Waals surface area contributed by atoms with E-state index in [0.29, 0.717) is 30.2 Å². The second-order valence-electron chi connectivity index (χ2n) is 8.59. The molecule has 1 N–H and O–H groups in total. The Morgan fingerprint density at radius 1 is 1.27 bits per heavy atom. The standard InChI is InChI=1S/C23H29NO5S/c1-23(2,3)21-10-14-9-20(29-7-6-8-30-5)19(28-4)11-15(14)17-12-18(25)16(22(26)27)13-24(17)21/h9,11-13,21H,6-8,10H2,1-5H3,(H,26,27)/t21-/m0/s1. The summed E-state index contributed by atoms with van der Waals surface area (Å²) in [5.74, 6) is 1.12. The van der Waals surface area contributed by atoms with Gasteiger partial charge in [0.15, 0.2) is 16.9 Å². The molecule has 162 valence electrons. The molecule has 1 aliphatic rings. The van der Waals surface area contributed by atoms with Gasteiger partial charge >= 0.3 is 5.97 Å². The van der Waals surface area contributed by atoms with Crippen molar-refractivity contribution in [2.45, 2.75) is 39.7 Å². The summed E-state index contributed by atoms with van der Waals surface area (Å²) in [6.45, 7) is 6.97. The maximum atomic E-state index is 12.5. The Kier molecular flexibility index (Phi) is 6.50. The van der Waals surface area contributed by atoms with E-state index in [1.165, 1.54) is 12.3 Å². The van der Waals surface area contributed by atoms with E-state index >= 15 is 0 Å². The van der Waals surface area contributed by atoms with Gasteiger partial charge in [-0.2, -0.15) is 11.8 Å². The van der Waals surface area contributed by atoms with E-state index in [4.69, 9.17) is 9.47 Å². The summed E-state index contributed by atoms with van der Waals surface area (Å²) in [5.41, 5.74) is 1.80. The highest BCUT2D eigenvalue weighted by atomic mass is 32.2. The lowest BCUT2D eigenvalue weighted by Gasteiger charge is -2.39. The summed E-state index contributed by atoms with van der Waals surface area (Å²) in [6, 6.07) is 5.32. The highest BCUT2D eigenvalue weighted by molar-refractivity contribution is 7.98. The van der Waals surface area contributed by atoms with Crippen LogP contribution in [0, 0.1) is 5.41 Å². The SMILES string of the molecule is COc1cc2c(cc1OCCCSC)C[C@@H](C(C)(C)C)n1cc(C(=O)O)c(=O)cc1-2. The molecular weight excluding hydrogens is 402 g/mol. The van der Waals surface area contributed by atoms with Gasteiger partial charge < -0.3 is 19.1 Å². The van der Waals surface area contributed by atoms with Crippen molar-refractivity contribution < 1.29 is 19.4 Å². The number of benzene rings is 1. The lowest BCUT2D eigenvalue weighted by molar-refractivity contribution is 0.0693.